The van der Waals surface area contributed by atoms with E-state index >= 15 is 0 Å². The van der Waals surface area contributed by atoms with E-state index in [1.807, 2.05) is 0 Å². The van der Waals surface area contributed by atoms with E-state index in [1.165, 1.54) is 0 Å². The van der Waals surface area contributed by atoms with Crippen molar-refractivity contribution >= 4 is 11.6 Å². The summed E-state index contributed by atoms with van der Waals surface area (Å²) >= 11 is 0. The standard InChI is InChI=1S/C11H10F2N2O/c12-7-1-2-9(13)8(5-7)10(16)6-11-14-3-4-15-11/h1-2,5H,3-4,6H2,(H,14,15). The summed E-state index contributed by atoms with van der Waals surface area (Å²) in [6, 6.07) is 2.84. The highest BCUT2D eigenvalue weighted by Crippen LogP contribution is 2.12. The zero-order valence-corrected chi connectivity index (χ0v) is 8.46. The molecule has 1 N–H and O–H groups in total. The number of aliphatic imine (C=N–C) groups is 1. The Morgan fingerprint density at radius 3 is 2.94 bits per heavy atom. The van der Waals surface area contributed by atoms with Gasteiger partial charge in [0.1, 0.15) is 17.5 Å². The summed E-state index contributed by atoms with van der Waals surface area (Å²) in [5.41, 5.74) is -0.226. The van der Waals surface area contributed by atoms with Crippen LogP contribution in [0.3, 0.4) is 0 Å². The molecule has 0 radical (unpaired) electrons. The maximum Gasteiger partial charge on any atom is 0.173 e. The van der Waals surface area contributed by atoms with Crippen LogP contribution in [-0.4, -0.2) is 24.7 Å². The van der Waals surface area contributed by atoms with Gasteiger partial charge in [-0.05, 0) is 18.2 Å². The van der Waals surface area contributed by atoms with Crippen LogP contribution >= 0.6 is 0 Å². The Morgan fingerprint density at radius 2 is 2.25 bits per heavy atom. The SMILES string of the molecule is O=C(CC1=NCCN1)c1cc(F)ccc1F. The first-order valence-electron chi connectivity index (χ1n) is 4.92. The number of benzene rings is 1. The van der Waals surface area contributed by atoms with Crippen molar-refractivity contribution in [3.8, 4) is 0 Å². The molecule has 1 aromatic rings. The number of nitrogens with zero attached hydrogens (tertiary/aromatic N) is 1. The summed E-state index contributed by atoms with van der Waals surface area (Å²) in [5.74, 6) is -1.25. The minimum atomic E-state index is -0.704. The molecule has 0 atom stereocenters. The minimum absolute atomic E-state index is 0.0135. The summed E-state index contributed by atoms with van der Waals surface area (Å²) in [4.78, 5) is 15.7. The van der Waals surface area contributed by atoms with Crippen LogP contribution in [0.1, 0.15) is 16.8 Å². The lowest BCUT2D eigenvalue weighted by molar-refractivity contribution is 0.0995. The number of hydrogen-bond acceptors (Lipinski definition) is 3. The molecule has 0 saturated carbocycles. The Hall–Kier alpha value is -1.78. The smallest absolute Gasteiger partial charge is 0.173 e. The second-order valence-corrected chi connectivity index (χ2v) is 3.48. The molecule has 2 rings (SSSR count). The van der Waals surface area contributed by atoms with Gasteiger partial charge in [-0.2, -0.15) is 0 Å². The molecule has 1 aliphatic heterocycles. The van der Waals surface area contributed by atoms with Gasteiger partial charge in [0.25, 0.3) is 0 Å². The van der Waals surface area contributed by atoms with E-state index < -0.39 is 17.4 Å². The van der Waals surface area contributed by atoms with Gasteiger partial charge in [-0.15, -0.1) is 0 Å². The predicted octanol–water partition coefficient (Wildman–Crippen LogP) is 1.54. The van der Waals surface area contributed by atoms with Gasteiger partial charge in [0, 0.05) is 6.54 Å². The molecule has 0 aromatic heterocycles. The van der Waals surface area contributed by atoms with Crippen molar-refractivity contribution in [2.24, 2.45) is 4.99 Å². The number of ketones is 1. The van der Waals surface area contributed by atoms with E-state index in [0.717, 1.165) is 18.2 Å². The van der Waals surface area contributed by atoms with Crippen LogP contribution in [0, 0.1) is 11.6 Å². The van der Waals surface area contributed by atoms with Crippen molar-refractivity contribution in [3.05, 3.63) is 35.4 Å². The second-order valence-electron chi connectivity index (χ2n) is 3.48. The fourth-order valence-corrected chi connectivity index (χ4v) is 1.52. The summed E-state index contributed by atoms with van der Waals surface area (Å²) in [6.07, 6.45) is -0.0135. The van der Waals surface area contributed by atoms with Crippen LogP contribution in [0.2, 0.25) is 0 Å². The molecular formula is C11H10F2N2O. The fraction of sp³-hybridized carbons (Fsp3) is 0.273. The maximum absolute atomic E-state index is 13.2. The Bertz CT molecular complexity index is 457. The van der Waals surface area contributed by atoms with Crippen molar-refractivity contribution in [2.45, 2.75) is 6.42 Å². The molecule has 1 aliphatic rings. The molecule has 1 heterocycles. The summed E-state index contributed by atoms with van der Waals surface area (Å²) in [5, 5.41) is 2.90. The largest absolute Gasteiger partial charge is 0.372 e. The third-order valence-corrected chi connectivity index (χ3v) is 2.30. The normalized spacial score (nSPS) is 14.5. The number of halogens is 2. The number of amidine groups is 1. The van der Waals surface area contributed by atoms with Crippen molar-refractivity contribution in [1.82, 2.24) is 5.32 Å². The molecule has 5 heteroatoms. The third kappa shape index (κ3) is 2.24. The number of hydrogen-bond donors (Lipinski definition) is 1. The van der Waals surface area contributed by atoms with Gasteiger partial charge in [0.05, 0.1) is 18.5 Å². The quantitative estimate of drug-likeness (QED) is 0.791. The lowest BCUT2D eigenvalue weighted by Gasteiger charge is -2.03. The number of carbonyl (C=O) groups is 1. The van der Waals surface area contributed by atoms with Crippen LogP contribution in [0.25, 0.3) is 0 Å². The first kappa shape index (κ1) is 10.7. The zero-order valence-electron chi connectivity index (χ0n) is 8.46. The topological polar surface area (TPSA) is 41.5 Å². The van der Waals surface area contributed by atoms with Crippen molar-refractivity contribution < 1.29 is 13.6 Å². The Kier molecular flexibility index (Phi) is 2.94. The highest BCUT2D eigenvalue weighted by atomic mass is 19.1. The van der Waals surface area contributed by atoms with Crippen molar-refractivity contribution in [2.75, 3.05) is 13.1 Å². The lowest BCUT2D eigenvalue weighted by atomic mass is 10.1. The average molecular weight is 224 g/mol. The molecule has 84 valence electrons. The molecule has 0 saturated heterocycles. The first-order chi connectivity index (χ1) is 7.66. The minimum Gasteiger partial charge on any atom is -0.372 e. The van der Waals surface area contributed by atoms with E-state index in [-0.39, 0.29) is 12.0 Å². The Balaban J connectivity index is 2.16. The van der Waals surface area contributed by atoms with Gasteiger partial charge in [-0.25, -0.2) is 8.78 Å². The van der Waals surface area contributed by atoms with Crippen LogP contribution in [-0.2, 0) is 0 Å². The Labute approximate surface area is 91.2 Å². The van der Waals surface area contributed by atoms with Crippen LogP contribution < -0.4 is 5.32 Å². The van der Waals surface area contributed by atoms with Crippen LogP contribution in [0.5, 0.6) is 0 Å². The highest BCUT2D eigenvalue weighted by Gasteiger charge is 2.16. The Morgan fingerprint density at radius 1 is 1.44 bits per heavy atom. The van der Waals surface area contributed by atoms with Crippen molar-refractivity contribution in [3.63, 3.8) is 0 Å². The molecule has 3 nitrogen and oxygen atoms in total. The predicted molar refractivity (Wildman–Crippen MR) is 55.6 cm³/mol. The molecule has 0 unspecified atom stereocenters. The molecule has 0 fully saturated rings. The summed E-state index contributed by atoms with van der Waals surface area (Å²) in [6.45, 7) is 1.31. The van der Waals surface area contributed by atoms with Crippen LogP contribution in [0.4, 0.5) is 8.78 Å². The van der Waals surface area contributed by atoms with Gasteiger partial charge in [-0.3, -0.25) is 9.79 Å². The van der Waals surface area contributed by atoms with Gasteiger partial charge in [0.15, 0.2) is 5.78 Å². The van der Waals surface area contributed by atoms with Crippen molar-refractivity contribution in [1.29, 1.82) is 0 Å². The molecule has 1 aromatic carbocycles. The number of carbonyl (C=O) groups excluding carboxylic acids is 1. The highest BCUT2D eigenvalue weighted by molar-refractivity contribution is 6.09. The third-order valence-electron chi connectivity index (χ3n) is 2.30. The van der Waals surface area contributed by atoms with Gasteiger partial charge >= 0.3 is 0 Å². The second kappa shape index (κ2) is 4.38. The van der Waals surface area contributed by atoms with E-state index in [4.69, 9.17) is 0 Å². The molecule has 0 spiro atoms. The lowest BCUT2D eigenvalue weighted by Crippen LogP contribution is -2.22. The summed E-state index contributed by atoms with van der Waals surface area (Å²) in [7, 11) is 0. The summed E-state index contributed by atoms with van der Waals surface area (Å²) < 4.78 is 26.1. The molecular weight excluding hydrogens is 214 g/mol. The number of nitrogens with one attached hydrogen (secondary N) is 1. The fourth-order valence-electron chi connectivity index (χ4n) is 1.52. The molecule has 0 aliphatic carbocycles. The van der Waals surface area contributed by atoms with Gasteiger partial charge in [-0.1, -0.05) is 0 Å². The zero-order chi connectivity index (χ0) is 11.5. The van der Waals surface area contributed by atoms with Gasteiger partial charge < -0.3 is 5.32 Å². The number of rotatable bonds is 3. The number of Topliss-reactive ketones (excluding diaryl/α,β-unsaturated/α-hetero) is 1. The maximum atomic E-state index is 13.2. The van der Waals surface area contributed by atoms with E-state index in [9.17, 15) is 13.6 Å². The first-order valence-corrected chi connectivity index (χ1v) is 4.92. The molecule has 0 bridgehead atoms. The van der Waals surface area contributed by atoms with E-state index in [2.05, 4.69) is 10.3 Å². The molecule has 16 heavy (non-hydrogen) atoms. The molecule has 0 amide bonds. The van der Waals surface area contributed by atoms with E-state index in [0.29, 0.717) is 18.9 Å². The van der Waals surface area contributed by atoms with Gasteiger partial charge in [0.2, 0.25) is 0 Å². The van der Waals surface area contributed by atoms with E-state index in [1.54, 1.807) is 0 Å². The van der Waals surface area contributed by atoms with Crippen LogP contribution in [0.15, 0.2) is 23.2 Å². The monoisotopic (exact) mass is 224 g/mol. The average Bonchev–Trinajstić information content (AvgIpc) is 2.74.